The number of nitrogens with two attached hydrogens (primary N) is 1. The number of hydrogen-bond acceptors (Lipinski definition) is 6. The molecule has 3 fully saturated rings. The maximum Gasteiger partial charge on any atom is 0.475 e. The lowest BCUT2D eigenvalue weighted by molar-refractivity contribution is -0.142. The second kappa shape index (κ2) is 10.8. The third kappa shape index (κ3) is 5.41. The van der Waals surface area contributed by atoms with Crippen LogP contribution in [0, 0.1) is 5.92 Å². The van der Waals surface area contributed by atoms with E-state index < -0.39 is 31.2 Å². The van der Waals surface area contributed by atoms with E-state index in [1.54, 1.807) is 11.8 Å². The van der Waals surface area contributed by atoms with E-state index in [9.17, 15) is 24.4 Å². The van der Waals surface area contributed by atoms with Crippen LogP contribution in [0.2, 0.25) is 0 Å². The van der Waals surface area contributed by atoms with Gasteiger partial charge in [-0.3, -0.25) is 14.4 Å². The molecule has 2 saturated heterocycles. The lowest BCUT2D eigenvalue weighted by Gasteiger charge is -2.33. The number of amides is 3. The minimum atomic E-state index is -1.59. The number of nitrogens with one attached hydrogen (secondary N) is 1. The second-order valence-electron chi connectivity index (χ2n) is 9.24. The molecule has 0 aromatic heterocycles. The van der Waals surface area contributed by atoms with Crippen molar-refractivity contribution < 1.29 is 24.4 Å². The van der Waals surface area contributed by atoms with E-state index in [1.807, 2.05) is 0 Å². The van der Waals surface area contributed by atoms with Gasteiger partial charge in [-0.2, -0.15) is 0 Å². The van der Waals surface area contributed by atoms with Gasteiger partial charge in [-0.1, -0.05) is 26.2 Å². The molecule has 0 aromatic rings. The molecule has 0 radical (unpaired) electrons. The normalized spacial score (nSPS) is 26.6. The van der Waals surface area contributed by atoms with E-state index in [4.69, 9.17) is 5.73 Å². The number of hydrogen-bond donors (Lipinski definition) is 4. The number of carbonyl (C=O) groups is 3. The van der Waals surface area contributed by atoms with Gasteiger partial charge in [0, 0.05) is 13.1 Å². The fraction of sp³-hybridized carbons (Fsp3) is 0.857. The number of rotatable bonds is 7. The van der Waals surface area contributed by atoms with Gasteiger partial charge in [-0.25, -0.2) is 0 Å². The van der Waals surface area contributed by atoms with Gasteiger partial charge in [0.25, 0.3) is 0 Å². The van der Waals surface area contributed by atoms with Gasteiger partial charge in [-0.05, 0) is 50.9 Å². The van der Waals surface area contributed by atoms with Crippen LogP contribution in [0.4, 0.5) is 0 Å². The minimum Gasteiger partial charge on any atom is -0.426 e. The maximum atomic E-state index is 13.1. The zero-order chi connectivity index (χ0) is 22.5. The van der Waals surface area contributed by atoms with Crippen molar-refractivity contribution in [1.82, 2.24) is 15.1 Å². The van der Waals surface area contributed by atoms with E-state index in [0.717, 1.165) is 32.1 Å². The van der Waals surface area contributed by atoms with Crippen molar-refractivity contribution >= 4 is 24.8 Å². The van der Waals surface area contributed by atoms with Gasteiger partial charge < -0.3 is 30.9 Å². The first-order chi connectivity index (χ1) is 14.8. The minimum absolute atomic E-state index is 0.160. The van der Waals surface area contributed by atoms with Crippen molar-refractivity contribution in [3.05, 3.63) is 0 Å². The third-order valence-electron chi connectivity index (χ3n) is 7.23. The topological polar surface area (TPSA) is 136 Å². The van der Waals surface area contributed by atoms with Crippen LogP contribution in [-0.4, -0.2) is 81.8 Å². The van der Waals surface area contributed by atoms with Crippen molar-refractivity contribution in [1.29, 1.82) is 0 Å². The van der Waals surface area contributed by atoms with Crippen molar-refractivity contribution in [2.24, 2.45) is 11.7 Å². The first kappa shape index (κ1) is 24.0. The molecule has 0 aromatic carbocycles. The Hall–Kier alpha value is -1.65. The number of likely N-dealkylation sites (tertiary alicyclic amines) is 2. The second-order valence-corrected chi connectivity index (χ2v) is 9.24. The Morgan fingerprint density at radius 2 is 1.61 bits per heavy atom. The van der Waals surface area contributed by atoms with Crippen LogP contribution in [0.15, 0.2) is 0 Å². The zero-order valence-corrected chi connectivity index (χ0v) is 18.5. The van der Waals surface area contributed by atoms with Crippen LogP contribution in [0.5, 0.6) is 0 Å². The third-order valence-corrected chi connectivity index (χ3v) is 7.23. The van der Waals surface area contributed by atoms with Crippen LogP contribution in [-0.2, 0) is 14.4 Å². The van der Waals surface area contributed by atoms with E-state index >= 15 is 0 Å². The van der Waals surface area contributed by atoms with Crippen LogP contribution in [0.25, 0.3) is 0 Å². The molecule has 3 rings (SSSR count). The van der Waals surface area contributed by atoms with Crippen molar-refractivity contribution in [3.63, 3.8) is 0 Å². The number of carbonyl (C=O) groups excluding carboxylic acids is 3. The lowest BCUT2D eigenvalue weighted by Crippen LogP contribution is -2.57. The Kier molecular flexibility index (Phi) is 8.35. The highest BCUT2D eigenvalue weighted by Crippen LogP contribution is 2.28. The van der Waals surface area contributed by atoms with Crippen LogP contribution in [0.3, 0.4) is 0 Å². The highest BCUT2D eigenvalue weighted by atomic mass is 16.4. The summed E-state index contributed by atoms with van der Waals surface area (Å²) >= 11 is 0. The average Bonchev–Trinajstić information content (AvgIpc) is 3.46. The number of nitrogens with zero attached hydrogens (tertiary/aromatic N) is 2. The molecule has 3 aliphatic rings. The molecule has 10 heteroatoms. The van der Waals surface area contributed by atoms with E-state index in [2.05, 4.69) is 5.32 Å². The predicted molar refractivity (Wildman–Crippen MR) is 116 cm³/mol. The van der Waals surface area contributed by atoms with Crippen molar-refractivity contribution in [3.8, 4) is 0 Å². The quantitative estimate of drug-likeness (QED) is 0.408. The Balaban J connectivity index is 1.62. The molecule has 3 amide bonds. The summed E-state index contributed by atoms with van der Waals surface area (Å²) in [6, 6.07) is -1.94. The molecule has 4 atom stereocenters. The van der Waals surface area contributed by atoms with Gasteiger partial charge in [0.1, 0.15) is 12.1 Å². The fourth-order valence-corrected chi connectivity index (χ4v) is 5.37. The van der Waals surface area contributed by atoms with E-state index in [-0.39, 0.29) is 23.6 Å². The predicted octanol–water partition coefficient (Wildman–Crippen LogP) is -0.217. The molecule has 0 spiro atoms. The van der Waals surface area contributed by atoms with Crippen LogP contribution >= 0.6 is 0 Å². The summed E-state index contributed by atoms with van der Waals surface area (Å²) in [6.45, 7) is 2.75. The van der Waals surface area contributed by atoms with Gasteiger partial charge in [0.2, 0.25) is 17.7 Å². The molecule has 0 bridgehead atoms. The molecule has 0 unspecified atom stereocenters. The zero-order valence-electron chi connectivity index (χ0n) is 18.5. The molecular formula is C21H37BN4O5. The molecule has 2 aliphatic heterocycles. The molecule has 9 nitrogen and oxygen atoms in total. The lowest BCUT2D eigenvalue weighted by atomic mass is 9.77. The molecule has 2 heterocycles. The summed E-state index contributed by atoms with van der Waals surface area (Å²) in [6.07, 6.45) is 8.18. The summed E-state index contributed by atoms with van der Waals surface area (Å²) in [5.41, 5.74) is 6.31. The highest BCUT2D eigenvalue weighted by molar-refractivity contribution is 6.43. The summed E-state index contributed by atoms with van der Waals surface area (Å²) in [4.78, 5) is 42.1. The fourth-order valence-electron chi connectivity index (χ4n) is 5.37. The summed E-state index contributed by atoms with van der Waals surface area (Å²) in [7, 11) is -1.59. The van der Waals surface area contributed by atoms with Gasteiger partial charge in [0.05, 0.1) is 12.0 Å². The van der Waals surface area contributed by atoms with Gasteiger partial charge in [0.15, 0.2) is 0 Å². The summed E-state index contributed by atoms with van der Waals surface area (Å²) < 4.78 is 0. The largest absolute Gasteiger partial charge is 0.475 e. The van der Waals surface area contributed by atoms with Crippen molar-refractivity contribution in [2.75, 3.05) is 13.1 Å². The van der Waals surface area contributed by atoms with E-state index in [1.165, 1.54) is 11.3 Å². The highest BCUT2D eigenvalue weighted by Gasteiger charge is 2.42. The Morgan fingerprint density at radius 3 is 2.26 bits per heavy atom. The Labute approximate surface area is 184 Å². The SMILES string of the molecule is CC[C@H](NC(=O)[C@@H]1CCCN1C(=O)[C@@H](N)C1CCCCC1)C(=O)N1CCC[C@H]1B(O)O. The standard InChI is InChI=1S/C21H37BN4O5/c1-2-15(20(28)26-13-7-11-17(26)22(30)31)24-19(27)16-10-6-12-25(16)21(29)18(23)14-8-4-3-5-9-14/h14-18,30-31H,2-13,23H2,1H3,(H,24,27)/t15-,16-,17-,18-/m0/s1. The average molecular weight is 436 g/mol. The van der Waals surface area contributed by atoms with Gasteiger partial charge in [-0.15, -0.1) is 0 Å². The van der Waals surface area contributed by atoms with Crippen molar-refractivity contribution in [2.45, 2.75) is 95.2 Å². The summed E-state index contributed by atoms with van der Waals surface area (Å²) in [5, 5.41) is 21.9. The van der Waals surface area contributed by atoms with Crippen LogP contribution < -0.4 is 11.1 Å². The Bertz CT molecular complexity index is 658. The maximum absolute atomic E-state index is 13.1. The molecule has 1 aliphatic carbocycles. The first-order valence-electron chi connectivity index (χ1n) is 11.9. The smallest absolute Gasteiger partial charge is 0.426 e. The summed E-state index contributed by atoms with van der Waals surface area (Å²) in [5.74, 6) is -1.26. The van der Waals surface area contributed by atoms with Gasteiger partial charge >= 0.3 is 7.12 Å². The molecular weight excluding hydrogens is 399 g/mol. The Morgan fingerprint density at radius 1 is 0.968 bits per heavy atom. The monoisotopic (exact) mass is 436 g/mol. The molecule has 174 valence electrons. The van der Waals surface area contributed by atoms with E-state index in [0.29, 0.717) is 38.8 Å². The molecule has 1 saturated carbocycles. The molecule has 31 heavy (non-hydrogen) atoms. The first-order valence-corrected chi connectivity index (χ1v) is 11.9. The molecule has 5 N–H and O–H groups in total. The van der Waals surface area contributed by atoms with Crippen LogP contribution in [0.1, 0.15) is 71.1 Å².